The molecule has 0 aromatic heterocycles. The van der Waals surface area contributed by atoms with Crippen molar-refractivity contribution in [3.05, 3.63) is 34.9 Å². The minimum absolute atomic E-state index is 0.174. The van der Waals surface area contributed by atoms with E-state index in [-0.39, 0.29) is 30.3 Å². The van der Waals surface area contributed by atoms with Crippen molar-refractivity contribution in [1.82, 2.24) is 4.90 Å². The van der Waals surface area contributed by atoms with Crippen LogP contribution in [0.2, 0.25) is 0 Å². The first kappa shape index (κ1) is 24.8. The zero-order chi connectivity index (χ0) is 26.0. The van der Waals surface area contributed by atoms with Gasteiger partial charge in [0, 0.05) is 43.2 Å². The van der Waals surface area contributed by atoms with E-state index in [9.17, 15) is 14.4 Å². The number of piperidine rings is 1. The number of nitrogens with zero attached hydrogens (tertiary/aromatic N) is 1. The Kier molecular flexibility index (Phi) is 5.93. The van der Waals surface area contributed by atoms with Gasteiger partial charge in [0.25, 0.3) is 0 Å². The SMILES string of the molecule is CC(=O)Oc1cc(CCC(=O)OC(C)(C)C)c2c3c1O[C@H]1[C@@H](OC(C)=O)C=CC4C(C2)N(C)CC[C@@]341. The maximum Gasteiger partial charge on any atom is 0.308 e. The van der Waals surface area contributed by atoms with Crippen molar-refractivity contribution in [3.63, 3.8) is 0 Å². The smallest absolute Gasteiger partial charge is 0.308 e. The summed E-state index contributed by atoms with van der Waals surface area (Å²) in [5.74, 6) is 0.0366. The van der Waals surface area contributed by atoms with Gasteiger partial charge in [-0.25, -0.2) is 0 Å². The Morgan fingerprint density at radius 2 is 1.92 bits per heavy atom. The van der Waals surface area contributed by atoms with E-state index in [1.807, 2.05) is 32.9 Å². The maximum absolute atomic E-state index is 12.6. The van der Waals surface area contributed by atoms with E-state index in [0.717, 1.165) is 36.1 Å². The molecular weight excluding hydrogens is 462 g/mol. The Balaban J connectivity index is 1.63. The van der Waals surface area contributed by atoms with Crippen molar-refractivity contribution in [2.24, 2.45) is 5.92 Å². The summed E-state index contributed by atoms with van der Waals surface area (Å²) in [6.45, 7) is 9.21. The minimum Gasteiger partial charge on any atom is -0.481 e. The molecule has 0 radical (unpaired) electrons. The van der Waals surface area contributed by atoms with Crippen LogP contribution in [-0.4, -0.2) is 60.3 Å². The zero-order valence-corrected chi connectivity index (χ0v) is 21.9. The third-order valence-electron chi connectivity index (χ3n) is 7.91. The number of hydrogen-bond acceptors (Lipinski definition) is 8. The molecule has 1 aromatic carbocycles. The van der Waals surface area contributed by atoms with Gasteiger partial charge in [-0.15, -0.1) is 0 Å². The van der Waals surface area contributed by atoms with Gasteiger partial charge < -0.3 is 23.8 Å². The van der Waals surface area contributed by atoms with E-state index < -0.39 is 29.2 Å². The molecular formula is C28H35NO7. The molecule has 194 valence electrons. The van der Waals surface area contributed by atoms with Crippen LogP contribution in [-0.2, 0) is 42.1 Å². The minimum atomic E-state index is -0.556. The molecule has 5 atom stereocenters. The van der Waals surface area contributed by atoms with Crippen LogP contribution >= 0.6 is 0 Å². The number of rotatable bonds is 5. The van der Waals surface area contributed by atoms with Gasteiger partial charge in [-0.05, 0) is 76.9 Å². The second-order valence-corrected chi connectivity index (χ2v) is 11.5. The first-order valence-corrected chi connectivity index (χ1v) is 12.7. The molecule has 0 saturated carbocycles. The van der Waals surface area contributed by atoms with Crippen LogP contribution in [0.1, 0.15) is 64.2 Å². The van der Waals surface area contributed by atoms with Crippen molar-refractivity contribution < 1.29 is 33.3 Å². The van der Waals surface area contributed by atoms with E-state index in [2.05, 4.69) is 18.0 Å². The van der Waals surface area contributed by atoms with Gasteiger partial charge in [-0.2, -0.15) is 0 Å². The predicted molar refractivity (Wildman–Crippen MR) is 131 cm³/mol. The number of esters is 3. The number of hydrogen-bond donors (Lipinski definition) is 0. The van der Waals surface area contributed by atoms with Crippen molar-refractivity contribution >= 4 is 17.9 Å². The summed E-state index contributed by atoms with van der Waals surface area (Å²) in [4.78, 5) is 38.9. The highest BCUT2D eigenvalue weighted by Crippen LogP contribution is 2.63. The van der Waals surface area contributed by atoms with Crippen LogP contribution in [0.3, 0.4) is 0 Å². The molecule has 36 heavy (non-hydrogen) atoms. The van der Waals surface area contributed by atoms with E-state index in [4.69, 9.17) is 18.9 Å². The van der Waals surface area contributed by atoms with Crippen molar-refractivity contribution in [3.8, 4) is 11.5 Å². The largest absolute Gasteiger partial charge is 0.481 e. The Bertz CT molecular complexity index is 1150. The highest BCUT2D eigenvalue weighted by molar-refractivity contribution is 5.74. The van der Waals surface area contributed by atoms with Gasteiger partial charge in [-0.1, -0.05) is 6.08 Å². The molecule has 2 unspecified atom stereocenters. The van der Waals surface area contributed by atoms with E-state index in [1.165, 1.54) is 13.8 Å². The molecule has 0 amide bonds. The van der Waals surface area contributed by atoms with Crippen LogP contribution < -0.4 is 9.47 Å². The number of aryl methyl sites for hydroxylation is 1. The third-order valence-corrected chi connectivity index (χ3v) is 7.91. The molecule has 0 N–H and O–H groups in total. The number of likely N-dealkylation sites (N-methyl/N-ethyl adjacent to an activating group) is 1. The molecule has 2 heterocycles. The van der Waals surface area contributed by atoms with Gasteiger partial charge >= 0.3 is 17.9 Å². The average molecular weight is 498 g/mol. The van der Waals surface area contributed by atoms with Crippen LogP contribution in [0.4, 0.5) is 0 Å². The van der Waals surface area contributed by atoms with Gasteiger partial charge in [0.2, 0.25) is 0 Å². The Morgan fingerprint density at radius 3 is 2.58 bits per heavy atom. The number of carbonyl (C=O) groups is 3. The lowest BCUT2D eigenvalue weighted by atomic mass is 9.53. The predicted octanol–water partition coefficient (Wildman–Crippen LogP) is 3.26. The van der Waals surface area contributed by atoms with Crippen molar-refractivity contribution in [2.75, 3.05) is 13.6 Å². The van der Waals surface area contributed by atoms with Gasteiger partial charge in [0.15, 0.2) is 17.6 Å². The molecule has 1 fully saturated rings. The fourth-order valence-electron chi connectivity index (χ4n) is 6.74. The Hall–Kier alpha value is -2.87. The topological polar surface area (TPSA) is 91.4 Å². The average Bonchev–Trinajstić information content (AvgIpc) is 3.10. The maximum atomic E-state index is 12.6. The normalized spacial score (nSPS) is 29.7. The number of likely N-dealkylation sites (tertiary alicyclic amines) is 1. The molecule has 5 rings (SSSR count). The molecule has 1 spiro atoms. The zero-order valence-electron chi connectivity index (χ0n) is 21.9. The lowest BCUT2D eigenvalue weighted by Crippen LogP contribution is -2.65. The molecule has 1 aromatic rings. The quantitative estimate of drug-likeness (QED) is 0.348. The van der Waals surface area contributed by atoms with E-state index in [1.54, 1.807) is 0 Å². The molecule has 1 saturated heterocycles. The Morgan fingerprint density at radius 1 is 1.17 bits per heavy atom. The van der Waals surface area contributed by atoms with Crippen LogP contribution in [0, 0.1) is 5.92 Å². The summed E-state index contributed by atoms with van der Waals surface area (Å²) in [7, 11) is 2.15. The fourth-order valence-corrected chi connectivity index (χ4v) is 6.74. The van der Waals surface area contributed by atoms with Gasteiger partial charge in [0.1, 0.15) is 11.7 Å². The summed E-state index contributed by atoms with van der Waals surface area (Å²) >= 11 is 0. The van der Waals surface area contributed by atoms with Crippen molar-refractivity contribution in [2.45, 2.75) is 89.6 Å². The number of ether oxygens (including phenoxy) is 4. The summed E-state index contributed by atoms with van der Waals surface area (Å²) in [6, 6.07) is 2.09. The van der Waals surface area contributed by atoms with E-state index >= 15 is 0 Å². The van der Waals surface area contributed by atoms with Crippen LogP contribution in [0.15, 0.2) is 18.2 Å². The van der Waals surface area contributed by atoms with E-state index in [0.29, 0.717) is 17.9 Å². The van der Waals surface area contributed by atoms with Gasteiger partial charge in [0.05, 0.1) is 0 Å². The second kappa shape index (κ2) is 8.61. The summed E-state index contributed by atoms with van der Waals surface area (Å²) in [6.07, 6.45) is 5.52. The summed E-state index contributed by atoms with van der Waals surface area (Å²) in [5.41, 5.74) is 2.22. The Labute approximate surface area is 211 Å². The molecule has 8 heteroatoms. The summed E-state index contributed by atoms with van der Waals surface area (Å²) < 4.78 is 23.5. The summed E-state index contributed by atoms with van der Waals surface area (Å²) in [5, 5.41) is 0. The highest BCUT2D eigenvalue weighted by atomic mass is 16.6. The lowest BCUT2D eigenvalue weighted by Gasteiger charge is -2.56. The molecule has 2 bridgehead atoms. The second-order valence-electron chi connectivity index (χ2n) is 11.5. The van der Waals surface area contributed by atoms with Gasteiger partial charge in [-0.3, -0.25) is 14.4 Å². The highest BCUT2D eigenvalue weighted by Gasteiger charge is 2.65. The molecule has 2 aliphatic heterocycles. The van der Waals surface area contributed by atoms with Crippen molar-refractivity contribution in [1.29, 1.82) is 0 Å². The van der Waals surface area contributed by atoms with Crippen LogP contribution in [0.5, 0.6) is 11.5 Å². The first-order chi connectivity index (χ1) is 16.9. The van der Waals surface area contributed by atoms with Crippen LogP contribution in [0.25, 0.3) is 0 Å². The number of benzene rings is 1. The lowest BCUT2D eigenvalue weighted by molar-refractivity contribution is -0.155. The monoisotopic (exact) mass is 497 g/mol. The molecule has 2 aliphatic carbocycles. The standard InChI is InChI=1S/C28H35NO7/c1-15(30)33-21-9-8-19-20-14-18-17(7-10-23(32)36-27(3,4)5)13-22(34-16(2)31)25-24(18)28(19,26(21)35-25)11-12-29(20)6/h8-9,13,19-21,26H,7,10-12,14H2,1-6H3/t19?,20?,21-,26-,28-/m0/s1. The third kappa shape index (κ3) is 3.99. The molecule has 8 nitrogen and oxygen atoms in total. The molecule has 4 aliphatic rings. The number of carbonyl (C=O) groups excluding carboxylic acids is 3. The first-order valence-electron chi connectivity index (χ1n) is 12.7. The fraction of sp³-hybridized carbons (Fsp3) is 0.607.